The van der Waals surface area contributed by atoms with E-state index >= 15 is 0 Å². The van der Waals surface area contributed by atoms with Gasteiger partial charge in [-0.25, -0.2) is 0 Å². The van der Waals surface area contributed by atoms with E-state index in [-0.39, 0.29) is 5.91 Å². The third-order valence-corrected chi connectivity index (χ3v) is 4.05. The van der Waals surface area contributed by atoms with Crippen molar-refractivity contribution in [1.29, 1.82) is 0 Å². The van der Waals surface area contributed by atoms with Gasteiger partial charge in [-0.3, -0.25) is 4.79 Å². The number of nitrogens with one attached hydrogen (secondary N) is 1. The Labute approximate surface area is 110 Å². The molecule has 0 saturated carbocycles. The Morgan fingerprint density at radius 1 is 1.50 bits per heavy atom. The molecule has 0 aromatic carbocycles. The predicted octanol–water partition coefficient (Wildman–Crippen LogP) is 1.08. The van der Waals surface area contributed by atoms with E-state index in [1.165, 1.54) is 11.3 Å². The molecule has 1 amide bonds. The molecular weight excluding hydrogens is 252 g/mol. The highest BCUT2D eigenvalue weighted by atomic mass is 32.1. The molecule has 0 aliphatic carbocycles. The topological polar surface area (TPSA) is 67.4 Å². The number of carbonyl (C=O) groups excluding carboxylic acids is 1. The molecule has 0 bridgehead atoms. The van der Waals surface area contributed by atoms with Crippen LogP contribution >= 0.6 is 11.3 Å². The zero-order chi connectivity index (χ0) is 13.0. The van der Waals surface area contributed by atoms with Gasteiger partial charge in [0.15, 0.2) is 0 Å². The summed E-state index contributed by atoms with van der Waals surface area (Å²) in [5.74, 6) is 0.561. The molecule has 2 rings (SSSR count). The molecule has 0 spiro atoms. The smallest absolute Gasteiger partial charge is 0.284 e. The van der Waals surface area contributed by atoms with E-state index in [9.17, 15) is 4.79 Å². The maximum atomic E-state index is 12.2. The van der Waals surface area contributed by atoms with Crippen LogP contribution in [0, 0.1) is 5.92 Å². The summed E-state index contributed by atoms with van der Waals surface area (Å²) in [5, 5.41) is 11.8. The van der Waals surface area contributed by atoms with Crippen molar-refractivity contribution in [3.63, 3.8) is 0 Å². The standard InChI is InChI=1S/C11H18N4O2S/c1-12-11-14-13-9(18-11)10(16)15-5-3-8(4-6-15)7-17-2/h8H,3-7H2,1-2H3,(H,12,14). The molecule has 7 heteroatoms. The number of piperidine rings is 1. The lowest BCUT2D eigenvalue weighted by Gasteiger charge is -2.30. The highest BCUT2D eigenvalue weighted by molar-refractivity contribution is 7.17. The Morgan fingerprint density at radius 2 is 2.22 bits per heavy atom. The van der Waals surface area contributed by atoms with E-state index in [2.05, 4.69) is 15.5 Å². The summed E-state index contributed by atoms with van der Waals surface area (Å²) in [7, 11) is 3.49. The van der Waals surface area contributed by atoms with Gasteiger partial charge in [0.2, 0.25) is 10.1 Å². The SMILES string of the molecule is CNc1nnc(C(=O)N2CCC(COC)CC2)s1. The molecule has 1 saturated heterocycles. The van der Waals surface area contributed by atoms with Crippen molar-refractivity contribution in [2.45, 2.75) is 12.8 Å². The van der Waals surface area contributed by atoms with Crippen LogP contribution in [0.4, 0.5) is 5.13 Å². The maximum Gasteiger partial charge on any atom is 0.284 e. The zero-order valence-electron chi connectivity index (χ0n) is 10.7. The number of likely N-dealkylation sites (tertiary alicyclic amines) is 1. The van der Waals surface area contributed by atoms with E-state index in [0.29, 0.717) is 16.1 Å². The number of rotatable bonds is 4. The molecule has 1 aromatic rings. The van der Waals surface area contributed by atoms with Crippen LogP contribution in [0.25, 0.3) is 0 Å². The lowest BCUT2D eigenvalue weighted by molar-refractivity contribution is 0.0612. The molecule has 1 N–H and O–H groups in total. The summed E-state index contributed by atoms with van der Waals surface area (Å²) in [6, 6.07) is 0. The summed E-state index contributed by atoms with van der Waals surface area (Å²) in [5.41, 5.74) is 0. The average molecular weight is 270 g/mol. The van der Waals surface area contributed by atoms with Crippen LogP contribution in [0.1, 0.15) is 22.6 Å². The van der Waals surface area contributed by atoms with Crippen LogP contribution < -0.4 is 5.32 Å². The first kappa shape index (κ1) is 13.2. The van der Waals surface area contributed by atoms with Crippen LogP contribution in [0.15, 0.2) is 0 Å². The number of aromatic nitrogens is 2. The summed E-state index contributed by atoms with van der Waals surface area (Å²) in [6.07, 6.45) is 1.99. The van der Waals surface area contributed by atoms with Gasteiger partial charge in [-0.15, -0.1) is 10.2 Å². The second-order valence-electron chi connectivity index (χ2n) is 4.35. The molecule has 1 aliphatic rings. The largest absolute Gasteiger partial charge is 0.384 e. The number of carbonyl (C=O) groups is 1. The Bertz CT molecular complexity index is 402. The normalized spacial score (nSPS) is 16.9. The molecular formula is C11H18N4O2S. The molecule has 0 radical (unpaired) electrons. The quantitative estimate of drug-likeness (QED) is 0.886. The van der Waals surface area contributed by atoms with Gasteiger partial charge in [0.05, 0.1) is 0 Å². The van der Waals surface area contributed by atoms with Crippen molar-refractivity contribution in [3.05, 3.63) is 5.01 Å². The van der Waals surface area contributed by atoms with E-state index in [1.54, 1.807) is 14.2 Å². The van der Waals surface area contributed by atoms with Gasteiger partial charge in [0.25, 0.3) is 5.91 Å². The van der Waals surface area contributed by atoms with Gasteiger partial charge in [-0.2, -0.15) is 0 Å². The third-order valence-electron chi connectivity index (χ3n) is 3.13. The van der Waals surface area contributed by atoms with Crippen LogP contribution in [0.3, 0.4) is 0 Å². The minimum absolute atomic E-state index is 0.00938. The monoisotopic (exact) mass is 270 g/mol. The molecule has 18 heavy (non-hydrogen) atoms. The van der Waals surface area contributed by atoms with Crippen LogP contribution in [-0.2, 0) is 4.74 Å². The van der Waals surface area contributed by atoms with E-state index in [1.807, 2.05) is 4.90 Å². The zero-order valence-corrected chi connectivity index (χ0v) is 11.5. The third kappa shape index (κ3) is 2.97. The fourth-order valence-corrected chi connectivity index (χ4v) is 2.75. The maximum absolute atomic E-state index is 12.2. The van der Waals surface area contributed by atoms with Gasteiger partial charge in [0, 0.05) is 33.9 Å². The van der Waals surface area contributed by atoms with Crippen LogP contribution in [-0.4, -0.2) is 54.9 Å². The number of methoxy groups -OCH3 is 1. The molecule has 1 fully saturated rings. The van der Waals surface area contributed by atoms with Crippen molar-refractivity contribution in [2.24, 2.45) is 5.92 Å². The summed E-state index contributed by atoms with van der Waals surface area (Å²) < 4.78 is 5.15. The van der Waals surface area contributed by atoms with E-state index in [0.717, 1.165) is 32.5 Å². The fraction of sp³-hybridized carbons (Fsp3) is 0.727. The molecule has 0 unspecified atom stereocenters. The highest BCUT2D eigenvalue weighted by Crippen LogP contribution is 2.21. The van der Waals surface area contributed by atoms with Gasteiger partial charge in [-0.05, 0) is 18.8 Å². The first-order valence-corrected chi connectivity index (χ1v) is 6.85. The van der Waals surface area contributed by atoms with Crippen molar-refractivity contribution >= 4 is 22.4 Å². The number of anilines is 1. The second kappa shape index (κ2) is 6.10. The number of hydrogen-bond acceptors (Lipinski definition) is 6. The lowest BCUT2D eigenvalue weighted by Crippen LogP contribution is -2.39. The Kier molecular flexibility index (Phi) is 4.48. The number of amides is 1. The van der Waals surface area contributed by atoms with Crippen LogP contribution in [0.2, 0.25) is 0 Å². The van der Waals surface area contributed by atoms with Crippen molar-refractivity contribution in [2.75, 3.05) is 39.2 Å². The summed E-state index contributed by atoms with van der Waals surface area (Å²) in [6.45, 7) is 2.34. The van der Waals surface area contributed by atoms with Crippen molar-refractivity contribution in [3.8, 4) is 0 Å². The Hall–Kier alpha value is -1.21. The molecule has 100 valence electrons. The minimum Gasteiger partial charge on any atom is -0.384 e. The number of nitrogens with zero attached hydrogens (tertiary/aromatic N) is 3. The first-order chi connectivity index (χ1) is 8.74. The van der Waals surface area contributed by atoms with Gasteiger partial charge in [-0.1, -0.05) is 11.3 Å². The van der Waals surface area contributed by atoms with E-state index < -0.39 is 0 Å². The Morgan fingerprint density at radius 3 is 2.78 bits per heavy atom. The van der Waals surface area contributed by atoms with Gasteiger partial charge in [0.1, 0.15) is 0 Å². The average Bonchev–Trinajstić information content (AvgIpc) is 2.88. The summed E-state index contributed by atoms with van der Waals surface area (Å²) >= 11 is 1.30. The van der Waals surface area contributed by atoms with Gasteiger partial charge >= 0.3 is 0 Å². The first-order valence-electron chi connectivity index (χ1n) is 6.04. The number of hydrogen-bond donors (Lipinski definition) is 1. The van der Waals surface area contributed by atoms with Crippen LogP contribution in [0.5, 0.6) is 0 Å². The highest BCUT2D eigenvalue weighted by Gasteiger charge is 2.25. The fourth-order valence-electron chi connectivity index (χ4n) is 2.08. The second-order valence-corrected chi connectivity index (χ2v) is 5.33. The molecule has 1 aromatic heterocycles. The van der Waals surface area contributed by atoms with E-state index in [4.69, 9.17) is 4.74 Å². The molecule has 1 aliphatic heterocycles. The molecule has 0 atom stereocenters. The lowest BCUT2D eigenvalue weighted by atomic mass is 9.98. The predicted molar refractivity (Wildman–Crippen MR) is 70.0 cm³/mol. The molecule has 6 nitrogen and oxygen atoms in total. The minimum atomic E-state index is -0.00938. The van der Waals surface area contributed by atoms with Crippen molar-refractivity contribution < 1.29 is 9.53 Å². The summed E-state index contributed by atoms with van der Waals surface area (Å²) in [4.78, 5) is 14.0. The number of ether oxygens (including phenoxy) is 1. The van der Waals surface area contributed by atoms with Crippen molar-refractivity contribution in [1.82, 2.24) is 15.1 Å². The Balaban J connectivity index is 1.91. The van der Waals surface area contributed by atoms with Gasteiger partial charge < -0.3 is 15.0 Å². The molecule has 2 heterocycles.